The number of fused-ring (bicyclic) bond motifs is 1. The standard InChI is InChI=1S/C15H23NO/c1-5-15(2,3)14(16-4)12-6-7-13-11(10-12)8-9-17-13/h6-7,10,14,16H,5,8-9H2,1-4H3. The van der Waals surface area contributed by atoms with Crippen molar-refractivity contribution < 1.29 is 4.74 Å². The molecule has 0 aromatic heterocycles. The van der Waals surface area contributed by atoms with Crippen LogP contribution in [0, 0.1) is 5.41 Å². The van der Waals surface area contributed by atoms with Crippen molar-refractivity contribution in [3.05, 3.63) is 29.3 Å². The summed E-state index contributed by atoms with van der Waals surface area (Å²) in [5, 5.41) is 3.46. The SMILES string of the molecule is CCC(C)(C)C(NC)c1ccc2c(c1)CCO2. The van der Waals surface area contributed by atoms with E-state index >= 15 is 0 Å². The van der Waals surface area contributed by atoms with Gasteiger partial charge in [0, 0.05) is 12.5 Å². The molecule has 0 saturated carbocycles. The molecule has 2 nitrogen and oxygen atoms in total. The van der Waals surface area contributed by atoms with Gasteiger partial charge < -0.3 is 10.1 Å². The van der Waals surface area contributed by atoms with E-state index in [0.717, 1.165) is 25.2 Å². The van der Waals surface area contributed by atoms with Crippen LogP contribution in [0.5, 0.6) is 5.75 Å². The fourth-order valence-corrected chi connectivity index (χ4v) is 2.60. The van der Waals surface area contributed by atoms with Crippen molar-refractivity contribution in [2.24, 2.45) is 5.41 Å². The maximum atomic E-state index is 5.56. The van der Waals surface area contributed by atoms with E-state index in [4.69, 9.17) is 4.74 Å². The summed E-state index contributed by atoms with van der Waals surface area (Å²) in [6.45, 7) is 7.72. The Hall–Kier alpha value is -1.02. The molecule has 0 amide bonds. The monoisotopic (exact) mass is 233 g/mol. The Morgan fingerprint density at radius 2 is 2.18 bits per heavy atom. The minimum absolute atomic E-state index is 0.266. The molecule has 1 aromatic carbocycles. The van der Waals surface area contributed by atoms with Crippen molar-refractivity contribution in [1.29, 1.82) is 0 Å². The lowest BCUT2D eigenvalue weighted by molar-refractivity contribution is 0.245. The van der Waals surface area contributed by atoms with E-state index in [-0.39, 0.29) is 5.41 Å². The molecule has 1 aromatic rings. The zero-order valence-corrected chi connectivity index (χ0v) is 11.3. The molecule has 1 N–H and O–H groups in total. The molecule has 2 heteroatoms. The Kier molecular flexibility index (Phi) is 3.43. The minimum atomic E-state index is 0.266. The molecule has 0 spiro atoms. The number of hydrogen-bond donors (Lipinski definition) is 1. The molecule has 17 heavy (non-hydrogen) atoms. The second kappa shape index (κ2) is 4.69. The number of hydrogen-bond acceptors (Lipinski definition) is 2. The quantitative estimate of drug-likeness (QED) is 0.861. The Bertz CT molecular complexity index is 398. The normalized spacial score (nSPS) is 16.5. The van der Waals surface area contributed by atoms with Crippen molar-refractivity contribution in [2.45, 2.75) is 39.7 Å². The van der Waals surface area contributed by atoms with Crippen LogP contribution in [-0.4, -0.2) is 13.7 Å². The van der Waals surface area contributed by atoms with Crippen LogP contribution in [0.25, 0.3) is 0 Å². The molecule has 0 aliphatic carbocycles. The Morgan fingerprint density at radius 3 is 2.82 bits per heavy atom. The predicted octanol–water partition coefficient (Wildman–Crippen LogP) is 3.32. The van der Waals surface area contributed by atoms with E-state index in [1.165, 1.54) is 11.1 Å². The topological polar surface area (TPSA) is 21.3 Å². The van der Waals surface area contributed by atoms with Crippen LogP contribution >= 0.6 is 0 Å². The van der Waals surface area contributed by atoms with Crippen LogP contribution in [0.3, 0.4) is 0 Å². The molecule has 1 unspecified atom stereocenters. The summed E-state index contributed by atoms with van der Waals surface area (Å²) in [6.07, 6.45) is 2.21. The lowest BCUT2D eigenvalue weighted by atomic mass is 9.78. The van der Waals surface area contributed by atoms with Crippen LogP contribution in [0.15, 0.2) is 18.2 Å². The van der Waals surface area contributed by atoms with Gasteiger partial charge in [-0.3, -0.25) is 0 Å². The summed E-state index contributed by atoms with van der Waals surface area (Å²) in [5.41, 5.74) is 3.00. The van der Waals surface area contributed by atoms with Crippen LogP contribution < -0.4 is 10.1 Å². The van der Waals surface area contributed by atoms with Crippen molar-refractivity contribution in [1.82, 2.24) is 5.32 Å². The van der Waals surface area contributed by atoms with Crippen molar-refractivity contribution >= 4 is 0 Å². The van der Waals surface area contributed by atoms with Gasteiger partial charge in [-0.15, -0.1) is 0 Å². The van der Waals surface area contributed by atoms with E-state index in [9.17, 15) is 0 Å². The first kappa shape index (κ1) is 12.4. The fourth-order valence-electron chi connectivity index (χ4n) is 2.60. The van der Waals surface area contributed by atoms with E-state index in [2.05, 4.69) is 44.3 Å². The summed E-state index contributed by atoms with van der Waals surface area (Å²) in [6, 6.07) is 7.02. The van der Waals surface area contributed by atoms with Gasteiger partial charge in [-0.1, -0.05) is 32.9 Å². The Morgan fingerprint density at radius 1 is 1.41 bits per heavy atom. The largest absolute Gasteiger partial charge is 0.493 e. The van der Waals surface area contributed by atoms with Crippen molar-refractivity contribution in [3.8, 4) is 5.75 Å². The average Bonchev–Trinajstić information content (AvgIpc) is 2.77. The summed E-state index contributed by atoms with van der Waals surface area (Å²) in [7, 11) is 2.05. The van der Waals surface area contributed by atoms with Gasteiger partial charge in [-0.05, 0) is 36.1 Å². The number of benzene rings is 1. The Balaban J connectivity index is 2.32. The average molecular weight is 233 g/mol. The van der Waals surface area contributed by atoms with Crippen molar-refractivity contribution in [2.75, 3.05) is 13.7 Å². The molecule has 0 bridgehead atoms. The lowest BCUT2D eigenvalue weighted by Gasteiger charge is -2.34. The Labute approximate surface area is 104 Å². The fraction of sp³-hybridized carbons (Fsp3) is 0.600. The second-order valence-corrected chi connectivity index (χ2v) is 5.53. The van der Waals surface area contributed by atoms with Gasteiger partial charge >= 0.3 is 0 Å². The summed E-state index contributed by atoms with van der Waals surface area (Å²) >= 11 is 0. The van der Waals surface area contributed by atoms with Gasteiger partial charge in [0.1, 0.15) is 5.75 Å². The highest BCUT2D eigenvalue weighted by Crippen LogP contribution is 2.38. The van der Waals surface area contributed by atoms with Gasteiger partial charge in [-0.2, -0.15) is 0 Å². The molecule has 1 aliphatic heterocycles. The van der Waals surface area contributed by atoms with Gasteiger partial charge in [0.15, 0.2) is 0 Å². The van der Waals surface area contributed by atoms with Crippen LogP contribution in [0.1, 0.15) is 44.4 Å². The van der Waals surface area contributed by atoms with Gasteiger partial charge in [0.2, 0.25) is 0 Å². The molecule has 0 radical (unpaired) electrons. The third-order valence-electron chi connectivity index (χ3n) is 4.03. The third kappa shape index (κ3) is 2.32. The van der Waals surface area contributed by atoms with Crippen LogP contribution in [0.4, 0.5) is 0 Å². The van der Waals surface area contributed by atoms with E-state index < -0.39 is 0 Å². The molecule has 1 atom stereocenters. The summed E-state index contributed by atoms with van der Waals surface area (Å²) in [4.78, 5) is 0. The van der Waals surface area contributed by atoms with Gasteiger partial charge in [0.25, 0.3) is 0 Å². The summed E-state index contributed by atoms with van der Waals surface area (Å²) < 4.78 is 5.56. The molecule has 2 rings (SSSR count). The predicted molar refractivity (Wildman–Crippen MR) is 71.5 cm³/mol. The maximum Gasteiger partial charge on any atom is 0.122 e. The number of ether oxygens (including phenoxy) is 1. The molecule has 0 fully saturated rings. The molecular formula is C15H23NO. The zero-order chi connectivity index (χ0) is 12.5. The third-order valence-corrected chi connectivity index (χ3v) is 4.03. The molecule has 94 valence electrons. The van der Waals surface area contributed by atoms with Gasteiger partial charge in [0.05, 0.1) is 6.61 Å². The first-order valence-corrected chi connectivity index (χ1v) is 6.51. The first-order valence-electron chi connectivity index (χ1n) is 6.51. The maximum absolute atomic E-state index is 5.56. The highest BCUT2D eigenvalue weighted by molar-refractivity contribution is 5.41. The molecule has 1 aliphatic rings. The van der Waals surface area contributed by atoms with Crippen molar-refractivity contribution in [3.63, 3.8) is 0 Å². The molecule has 1 heterocycles. The lowest BCUT2D eigenvalue weighted by Crippen LogP contribution is -2.31. The highest BCUT2D eigenvalue weighted by Gasteiger charge is 2.28. The number of nitrogens with one attached hydrogen (secondary N) is 1. The van der Waals surface area contributed by atoms with Crippen LogP contribution in [0.2, 0.25) is 0 Å². The smallest absolute Gasteiger partial charge is 0.122 e. The van der Waals surface area contributed by atoms with E-state index in [0.29, 0.717) is 6.04 Å². The molecular weight excluding hydrogens is 210 g/mol. The zero-order valence-electron chi connectivity index (χ0n) is 11.3. The van der Waals surface area contributed by atoms with E-state index in [1.807, 2.05) is 7.05 Å². The molecule has 0 saturated heterocycles. The number of rotatable bonds is 4. The summed E-state index contributed by atoms with van der Waals surface area (Å²) in [5.74, 6) is 1.07. The minimum Gasteiger partial charge on any atom is -0.493 e. The van der Waals surface area contributed by atoms with E-state index in [1.54, 1.807) is 0 Å². The highest BCUT2D eigenvalue weighted by atomic mass is 16.5. The van der Waals surface area contributed by atoms with Gasteiger partial charge in [-0.25, -0.2) is 0 Å². The first-order chi connectivity index (χ1) is 8.08. The van der Waals surface area contributed by atoms with Crippen LogP contribution in [-0.2, 0) is 6.42 Å². The second-order valence-electron chi connectivity index (χ2n) is 5.53.